The van der Waals surface area contributed by atoms with Crippen LogP contribution >= 0.6 is 11.8 Å². The molecule has 0 saturated carbocycles. The summed E-state index contributed by atoms with van der Waals surface area (Å²) in [6, 6.07) is 6.20. The van der Waals surface area contributed by atoms with Crippen LogP contribution in [0.5, 0.6) is 0 Å². The van der Waals surface area contributed by atoms with Crippen LogP contribution in [0.25, 0.3) is 0 Å². The average molecular weight is 179 g/mol. The fraction of sp³-hybridized carbons (Fsp3) is 0.300. The van der Waals surface area contributed by atoms with Gasteiger partial charge in [-0.15, -0.1) is 11.8 Å². The molecule has 0 aliphatic rings. The van der Waals surface area contributed by atoms with Crippen molar-refractivity contribution in [2.45, 2.75) is 13.8 Å². The number of nitrogens with one attached hydrogen (secondary N) is 1. The van der Waals surface area contributed by atoms with Crippen molar-refractivity contribution in [2.24, 2.45) is 0 Å². The molecule has 0 spiro atoms. The molecule has 1 N–H and O–H groups in total. The first-order chi connectivity index (χ1) is 5.65. The van der Waals surface area contributed by atoms with Crippen LogP contribution < -0.4 is 0 Å². The van der Waals surface area contributed by atoms with E-state index in [9.17, 15) is 0 Å². The van der Waals surface area contributed by atoms with Gasteiger partial charge in [-0.05, 0) is 31.7 Å². The number of aryl methyl sites for hydroxylation is 2. The summed E-state index contributed by atoms with van der Waals surface area (Å²) in [5.41, 5.74) is 3.46. The highest BCUT2D eigenvalue weighted by Gasteiger charge is 2.02. The Bertz CT molecular complexity index is 305. The van der Waals surface area contributed by atoms with Crippen LogP contribution in [-0.4, -0.2) is 11.3 Å². The van der Waals surface area contributed by atoms with E-state index in [-0.39, 0.29) is 0 Å². The van der Waals surface area contributed by atoms with Crippen molar-refractivity contribution >= 4 is 16.8 Å². The van der Waals surface area contributed by atoms with Crippen LogP contribution in [0.3, 0.4) is 0 Å². The molecule has 0 fully saturated rings. The van der Waals surface area contributed by atoms with Gasteiger partial charge in [-0.1, -0.05) is 17.7 Å². The zero-order valence-corrected chi connectivity index (χ0v) is 8.46. The Morgan fingerprint density at radius 1 is 1.33 bits per heavy atom. The van der Waals surface area contributed by atoms with Crippen LogP contribution in [0.2, 0.25) is 0 Å². The van der Waals surface area contributed by atoms with Gasteiger partial charge in [0, 0.05) is 5.56 Å². The lowest BCUT2D eigenvalue weighted by Gasteiger charge is -2.05. The minimum absolute atomic E-state index is 0.649. The maximum absolute atomic E-state index is 7.68. The van der Waals surface area contributed by atoms with Crippen molar-refractivity contribution in [3.05, 3.63) is 34.9 Å². The van der Waals surface area contributed by atoms with Crippen molar-refractivity contribution in [2.75, 3.05) is 6.26 Å². The van der Waals surface area contributed by atoms with Gasteiger partial charge in [0.05, 0.1) is 5.04 Å². The third-order valence-electron chi connectivity index (χ3n) is 1.84. The van der Waals surface area contributed by atoms with Gasteiger partial charge in [0.2, 0.25) is 0 Å². The zero-order chi connectivity index (χ0) is 9.14. The van der Waals surface area contributed by atoms with Crippen molar-refractivity contribution in [1.82, 2.24) is 0 Å². The molecule has 1 nitrogen and oxygen atoms in total. The van der Waals surface area contributed by atoms with E-state index in [0.29, 0.717) is 5.04 Å². The maximum Gasteiger partial charge on any atom is 0.0942 e. The summed E-state index contributed by atoms with van der Waals surface area (Å²) >= 11 is 1.48. The third-order valence-corrected chi connectivity index (χ3v) is 2.47. The van der Waals surface area contributed by atoms with Gasteiger partial charge >= 0.3 is 0 Å². The molecule has 2 heteroatoms. The summed E-state index contributed by atoms with van der Waals surface area (Å²) in [6.45, 7) is 4.09. The maximum atomic E-state index is 7.68. The van der Waals surface area contributed by atoms with E-state index < -0.39 is 0 Å². The first-order valence-corrected chi connectivity index (χ1v) is 5.08. The minimum atomic E-state index is 0.649. The van der Waals surface area contributed by atoms with Crippen LogP contribution in [0.15, 0.2) is 18.2 Å². The number of rotatable bonds is 1. The zero-order valence-electron chi connectivity index (χ0n) is 7.64. The van der Waals surface area contributed by atoms with Crippen LogP contribution in [0, 0.1) is 19.3 Å². The Hall–Kier alpha value is -0.760. The lowest BCUT2D eigenvalue weighted by molar-refractivity contribution is 1.37. The van der Waals surface area contributed by atoms with E-state index in [1.165, 1.54) is 22.9 Å². The average Bonchev–Trinajstić information content (AvgIpc) is 2.08. The standard InChI is InChI=1S/C10H13NS/c1-7-4-5-8(2)9(6-7)10(11)12-3/h4-6,11H,1-3H3. The SMILES string of the molecule is CSC(=N)c1cc(C)ccc1C. The number of benzene rings is 1. The molecule has 0 radical (unpaired) electrons. The molecule has 0 aliphatic carbocycles. The molecule has 0 aliphatic heterocycles. The second-order valence-corrected chi connectivity index (χ2v) is 3.67. The van der Waals surface area contributed by atoms with Gasteiger partial charge < -0.3 is 0 Å². The van der Waals surface area contributed by atoms with E-state index in [2.05, 4.69) is 25.1 Å². The molecule has 0 heterocycles. The normalized spacial score (nSPS) is 9.92. The van der Waals surface area contributed by atoms with E-state index in [4.69, 9.17) is 5.41 Å². The molecule has 0 aromatic heterocycles. The molecule has 1 aromatic carbocycles. The van der Waals surface area contributed by atoms with E-state index in [1.807, 2.05) is 13.2 Å². The van der Waals surface area contributed by atoms with Gasteiger partial charge in [-0.25, -0.2) is 0 Å². The lowest BCUT2D eigenvalue weighted by Crippen LogP contribution is -1.96. The van der Waals surface area contributed by atoms with E-state index >= 15 is 0 Å². The largest absolute Gasteiger partial charge is 0.293 e. The monoisotopic (exact) mass is 179 g/mol. The molecule has 1 aromatic rings. The van der Waals surface area contributed by atoms with Crippen LogP contribution in [0.1, 0.15) is 16.7 Å². The summed E-state index contributed by atoms with van der Waals surface area (Å²) in [6.07, 6.45) is 1.93. The van der Waals surface area contributed by atoms with Crippen molar-refractivity contribution in [1.29, 1.82) is 5.41 Å². The van der Waals surface area contributed by atoms with Gasteiger partial charge in [0.1, 0.15) is 0 Å². The highest BCUT2D eigenvalue weighted by atomic mass is 32.2. The molecule has 12 heavy (non-hydrogen) atoms. The van der Waals surface area contributed by atoms with Gasteiger partial charge in [-0.2, -0.15) is 0 Å². The number of hydrogen-bond acceptors (Lipinski definition) is 2. The highest BCUT2D eigenvalue weighted by molar-refractivity contribution is 8.13. The fourth-order valence-electron chi connectivity index (χ4n) is 1.09. The molecular formula is C10H13NS. The Kier molecular flexibility index (Phi) is 2.93. The summed E-state index contributed by atoms with van der Waals surface area (Å²) < 4.78 is 0. The van der Waals surface area contributed by atoms with Crippen LogP contribution in [-0.2, 0) is 0 Å². The molecule has 0 amide bonds. The summed E-state index contributed by atoms with van der Waals surface area (Å²) in [4.78, 5) is 0. The lowest BCUT2D eigenvalue weighted by atomic mass is 10.1. The quantitative estimate of drug-likeness (QED) is 0.520. The third kappa shape index (κ3) is 1.89. The highest BCUT2D eigenvalue weighted by Crippen LogP contribution is 2.15. The molecular weight excluding hydrogens is 166 g/mol. The van der Waals surface area contributed by atoms with Crippen molar-refractivity contribution in [3.63, 3.8) is 0 Å². The summed E-state index contributed by atoms with van der Waals surface area (Å²) in [5, 5.41) is 8.33. The Labute approximate surface area is 77.7 Å². The van der Waals surface area contributed by atoms with Gasteiger partial charge in [-0.3, -0.25) is 5.41 Å². The molecule has 0 bridgehead atoms. The smallest absolute Gasteiger partial charge is 0.0942 e. The Morgan fingerprint density at radius 3 is 2.58 bits per heavy atom. The minimum Gasteiger partial charge on any atom is -0.293 e. The van der Waals surface area contributed by atoms with Crippen molar-refractivity contribution < 1.29 is 0 Å². The Morgan fingerprint density at radius 2 is 2.00 bits per heavy atom. The molecule has 0 unspecified atom stereocenters. The second kappa shape index (κ2) is 3.76. The topological polar surface area (TPSA) is 23.9 Å². The molecule has 64 valence electrons. The van der Waals surface area contributed by atoms with E-state index in [1.54, 1.807) is 0 Å². The predicted octanol–water partition coefficient (Wildman–Crippen LogP) is 2.99. The first kappa shape index (κ1) is 9.33. The van der Waals surface area contributed by atoms with Crippen molar-refractivity contribution in [3.8, 4) is 0 Å². The summed E-state index contributed by atoms with van der Waals surface area (Å²) in [7, 11) is 0. The van der Waals surface area contributed by atoms with Gasteiger partial charge in [0.25, 0.3) is 0 Å². The molecule has 1 rings (SSSR count). The molecule has 0 atom stereocenters. The predicted molar refractivity (Wildman–Crippen MR) is 56.3 cm³/mol. The molecule has 0 saturated heterocycles. The second-order valence-electron chi connectivity index (χ2n) is 2.85. The van der Waals surface area contributed by atoms with E-state index in [0.717, 1.165) is 5.56 Å². The van der Waals surface area contributed by atoms with Crippen LogP contribution in [0.4, 0.5) is 0 Å². The van der Waals surface area contributed by atoms with Gasteiger partial charge in [0.15, 0.2) is 0 Å². The number of thioether (sulfide) groups is 1. The fourth-order valence-corrected chi connectivity index (χ4v) is 1.53. The first-order valence-electron chi connectivity index (χ1n) is 3.85. The number of hydrogen-bond donors (Lipinski definition) is 1. The Balaban J connectivity index is 3.13. The summed E-state index contributed by atoms with van der Waals surface area (Å²) in [5.74, 6) is 0.